The van der Waals surface area contributed by atoms with E-state index in [4.69, 9.17) is 11.6 Å². The van der Waals surface area contributed by atoms with Gasteiger partial charge in [-0.1, -0.05) is 45.0 Å². The van der Waals surface area contributed by atoms with E-state index in [1.165, 1.54) is 6.07 Å². The van der Waals surface area contributed by atoms with Gasteiger partial charge in [-0.15, -0.1) is 11.6 Å². The van der Waals surface area contributed by atoms with Gasteiger partial charge < -0.3 is 0 Å². The molecule has 0 aliphatic heterocycles. The van der Waals surface area contributed by atoms with Gasteiger partial charge in [-0.25, -0.2) is 8.78 Å². The summed E-state index contributed by atoms with van der Waals surface area (Å²) >= 11 is 6.51. The minimum Gasteiger partial charge on any atom is -0.207 e. The van der Waals surface area contributed by atoms with Crippen LogP contribution in [0.4, 0.5) is 8.78 Å². The van der Waals surface area contributed by atoms with Crippen LogP contribution in [0.25, 0.3) is 0 Å². The number of rotatable bonds is 2. The van der Waals surface area contributed by atoms with E-state index in [1.54, 1.807) is 6.92 Å². The molecule has 0 radical (unpaired) electrons. The highest BCUT2D eigenvalue weighted by molar-refractivity contribution is 6.22. The summed E-state index contributed by atoms with van der Waals surface area (Å²) in [5.74, 6) is -1.16. The van der Waals surface area contributed by atoms with Crippen LogP contribution in [-0.4, -0.2) is 0 Å². The first-order valence-corrected chi connectivity index (χ1v) is 7.34. The minimum absolute atomic E-state index is 0.102. The molecule has 0 bridgehead atoms. The van der Waals surface area contributed by atoms with Crippen molar-refractivity contribution in [3.8, 4) is 0 Å². The Morgan fingerprint density at radius 1 is 0.952 bits per heavy atom. The molecule has 0 amide bonds. The predicted molar refractivity (Wildman–Crippen MR) is 83.9 cm³/mol. The molecule has 0 aliphatic rings. The molecule has 3 heteroatoms. The molecular formula is C18H19ClF2. The molecule has 0 heterocycles. The quantitative estimate of drug-likeness (QED) is 0.606. The number of alkyl halides is 1. The largest absolute Gasteiger partial charge is 0.207 e. The van der Waals surface area contributed by atoms with Crippen LogP contribution in [-0.2, 0) is 5.41 Å². The smallest absolute Gasteiger partial charge is 0.131 e. The summed E-state index contributed by atoms with van der Waals surface area (Å²) in [4.78, 5) is 0. The molecular weight excluding hydrogens is 290 g/mol. The summed E-state index contributed by atoms with van der Waals surface area (Å²) in [6, 6.07) is 10.1. The highest BCUT2D eigenvalue weighted by Gasteiger charge is 2.24. The molecule has 0 N–H and O–H groups in total. The van der Waals surface area contributed by atoms with Crippen LogP contribution >= 0.6 is 11.6 Å². The van der Waals surface area contributed by atoms with Gasteiger partial charge >= 0.3 is 0 Å². The van der Waals surface area contributed by atoms with Crippen molar-refractivity contribution in [1.82, 2.24) is 0 Å². The Hall–Kier alpha value is -1.41. The molecule has 0 aromatic heterocycles. The number of hydrogen-bond acceptors (Lipinski definition) is 0. The van der Waals surface area contributed by atoms with Gasteiger partial charge in [-0.05, 0) is 35.1 Å². The number of aryl methyl sites for hydroxylation is 1. The SMILES string of the molecule is Cc1cc(C(Cl)c2ccccc2C(C)(C)C)c(F)cc1F. The Labute approximate surface area is 129 Å². The zero-order chi connectivity index (χ0) is 15.8. The maximum atomic E-state index is 14.1. The molecule has 21 heavy (non-hydrogen) atoms. The Bertz CT molecular complexity index is 657. The summed E-state index contributed by atoms with van der Waals surface area (Å²) in [5, 5.41) is -0.639. The van der Waals surface area contributed by atoms with Crippen molar-refractivity contribution in [3.05, 3.63) is 70.3 Å². The molecule has 0 saturated heterocycles. The molecule has 112 valence electrons. The second-order valence-electron chi connectivity index (χ2n) is 6.32. The van der Waals surface area contributed by atoms with Crippen LogP contribution in [0, 0.1) is 18.6 Å². The van der Waals surface area contributed by atoms with Crippen molar-refractivity contribution in [3.63, 3.8) is 0 Å². The topological polar surface area (TPSA) is 0 Å². The second kappa shape index (κ2) is 5.76. The number of benzene rings is 2. The molecule has 0 nitrogen and oxygen atoms in total. The maximum Gasteiger partial charge on any atom is 0.131 e. The molecule has 0 saturated carbocycles. The van der Waals surface area contributed by atoms with Crippen molar-refractivity contribution in [2.75, 3.05) is 0 Å². The third-order valence-electron chi connectivity index (χ3n) is 3.59. The van der Waals surface area contributed by atoms with Crippen LogP contribution in [0.15, 0.2) is 36.4 Å². The summed E-state index contributed by atoms with van der Waals surface area (Å²) in [5.41, 5.74) is 2.52. The summed E-state index contributed by atoms with van der Waals surface area (Å²) < 4.78 is 27.5. The van der Waals surface area contributed by atoms with Gasteiger partial charge in [-0.2, -0.15) is 0 Å². The molecule has 1 atom stereocenters. The van der Waals surface area contributed by atoms with Gasteiger partial charge in [0.05, 0.1) is 5.38 Å². The van der Waals surface area contributed by atoms with Gasteiger partial charge in [0.15, 0.2) is 0 Å². The Kier molecular flexibility index (Phi) is 4.38. The van der Waals surface area contributed by atoms with E-state index < -0.39 is 17.0 Å². The van der Waals surface area contributed by atoms with E-state index in [0.29, 0.717) is 11.1 Å². The average molecular weight is 309 g/mol. The fourth-order valence-corrected chi connectivity index (χ4v) is 2.80. The second-order valence-corrected chi connectivity index (χ2v) is 6.76. The summed E-state index contributed by atoms with van der Waals surface area (Å²) in [7, 11) is 0. The Morgan fingerprint density at radius 2 is 1.57 bits per heavy atom. The number of halogens is 3. The van der Waals surface area contributed by atoms with Gasteiger partial charge in [-0.3, -0.25) is 0 Å². The summed E-state index contributed by atoms with van der Waals surface area (Å²) in [6.45, 7) is 7.86. The monoisotopic (exact) mass is 308 g/mol. The molecule has 2 aromatic rings. The maximum absolute atomic E-state index is 14.1. The zero-order valence-corrected chi connectivity index (χ0v) is 13.4. The van der Waals surface area contributed by atoms with Crippen molar-refractivity contribution in [2.24, 2.45) is 0 Å². The van der Waals surface area contributed by atoms with E-state index in [0.717, 1.165) is 17.2 Å². The summed E-state index contributed by atoms with van der Waals surface area (Å²) in [6.07, 6.45) is 0. The molecule has 0 spiro atoms. The standard InChI is InChI=1S/C18H19ClF2/c1-11-9-13(16(21)10-15(11)20)17(19)12-7-5-6-8-14(12)18(2,3)4/h5-10,17H,1-4H3. The van der Waals surface area contributed by atoms with Crippen molar-refractivity contribution >= 4 is 11.6 Å². The van der Waals surface area contributed by atoms with E-state index in [1.807, 2.05) is 24.3 Å². The van der Waals surface area contributed by atoms with Crippen molar-refractivity contribution in [2.45, 2.75) is 38.5 Å². The fraction of sp³-hybridized carbons (Fsp3) is 0.333. The average Bonchev–Trinajstić information content (AvgIpc) is 2.41. The lowest BCUT2D eigenvalue weighted by Crippen LogP contribution is -2.15. The van der Waals surface area contributed by atoms with Gasteiger partial charge in [0.2, 0.25) is 0 Å². The van der Waals surface area contributed by atoms with Crippen LogP contribution < -0.4 is 0 Å². The lowest BCUT2D eigenvalue weighted by Gasteiger charge is -2.25. The molecule has 2 aromatic carbocycles. The normalized spacial score (nSPS) is 13.3. The van der Waals surface area contributed by atoms with Crippen molar-refractivity contribution in [1.29, 1.82) is 0 Å². The zero-order valence-electron chi connectivity index (χ0n) is 12.7. The highest BCUT2D eigenvalue weighted by atomic mass is 35.5. The number of hydrogen-bond donors (Lipinski definition) is 0. The molecule has 0 aliphatic carbocycles. The van der Waals surface area contributed by atoms with Crippen LogP contribution in [0.2, 0.25) is 0 Å². The highest BCUT2D eigenvalue weighted by Crippen LogP contribution is 2.37. The molecule has 2 rings (SSSR count). The third kappa shape index (κ3) is 3.26. The predicted octanol–water partition coefficient (Wildman–Crippen LogP) is 5.90. The Morgan fingerprint density at radius 3 is 2.19 bits per heavy atom. The van der Waals surface area contributed by atoms with Crippen LogP contribution in [0.5, 0.6) is 0 Å². The fourth-order valence-electron chi connectivity index (χ4n) is 2.44. The first kappa shape index (κ1) is 16.0. The lowest BCUT2D eigenvalue weighted by molar-refractivity contribution is 0.563. The van der Waals surface area contributed by atoms with E-state index in [9.17, 15) is 8.78 Å². The third-order valence-corrected chi connectivity index (χ3v) is 4.06. The van der Waals surface area contributed by atoms with Crippen LogP contribution in [0.1, 0.15) is 48.4 Å². The molecule has 1 unspecified atom stereocenters. The van der Waals surface area contributed by atoms with Gasteiger partial charge in [0.1, 0.15) is 11.6 Å². The van der Waals surface area contributed by atoms with Gasteiger partial charge in [0.25, 0.3) is 0 Å². The van der Waals surface area contributed by atoms with Crippen molar-refractivity contribution < 1.29 is 8.78 Å². The first-order chi connectivity index (χ1) is 9.71. The van der Waals surface area contributed by atoms with E-state index >= 15 is 0 Å². The molecule has 0 fully saturated rings. The minimum atomic E-state index is -0.639. The Balaban J connectivity index is 2.56. The van der Waals surface area contributed by atoms with Gasteiger partial charge in [0, 0.05) is 11.6 Å². The lowest BCUT2D eigenvalue weighted by atomic mass is 9.82. The van der Waals surface area contributed by atoms with E-state index in [2.05, 4.69) is 20.8 Å². The first-order valence-electron chi connectivity index (χ1n) is 6.91. The van der Waals surface area contributed by atoms with Crippen LogP contribution in [0.3, 0.4) is 0 Å². The van der Waals surface area contributed by atoms with E-state index in [-0.39, 0.29) is 5.41 Å².